The van der Waals surface area contributed by atoms with Crippen molar-refractivity contribution in [2.75, 3.05) is 9.80 Å². The second kappa shape index (κ2) is 12.0. The largest absolute Gasteiger partial charge is 0.338 e. The van der Waals surface area contributed by atoms with Crippen LogP contribution in [0.1, 0.15) is 101 Å². The molecule has 3 aromatic carbocycles. The van der Waals surface area contributed by atoms with Gasteiger partial charge in [-0.25, -0.2) is 0 Å². The average molecular weight is 655 g/mol. The van der Waals surface area contributed by atoms with E-state index >= 15 is 0 Å². The van der Waals surface area contributed by atoms with Crippen molar-refractivity contribution in [1.82, 2.24) is 0 Å². The number of rotatable bonds is 6. The lowest BCUT2D eigenvalue weighted by molar-refractivity contribution is 0.417. The van der Waals surface area contributed by atoms with Crippen molar-refractivity contribution in [3.63, 3.8) is 0 Å². The molecular weight excluding hydrogens is 605 g/mol. The van der Waals surface area contributed by atoms with Crippen molar-refractivity contribution >= 4 is 28.2 Å². The van der Waals surface area contributed by atoms with E-state index in [2.05, 4.69) is 159 Å². The number of nitrogens with zero attached hydrogens (tertiary/aromatic N) is 2. The molecule has 0 heterocycles. The molecule has 0 aromatic heterocycles. The van der Waals surface area contributed by atoms with Crippen LogP contribution in [-0.2, 0) is 10.8 Å². The second-order valence-corrected chi connectivity index (χ2v) is 16.3. The van der Waals surface area contributed by atoms with Gasteiger partial charge in [0.15, 0.2) is 0 Å². The van der Waals surface area contributed by atoms with Crippen molar-refractivity contribution in [2.45, 2.75) is 95.9 Å². The number of para-hydroxylation sites is 1. The molecule has 2 nitrogen and oxygen atoms in total. The Hall–Kier alpha value is -4.56. The zero-order chi connectivity index (χ0) is 34.0. The minimum absolute atomic E-state index is 0.0206. The van der Waals surface area contributed by atoms with Crippen molar-refractivity contribution in [3.8, 4) is 0 Å². The highest BCUT2D eigenvalue weighted by Gasteiger charge is 2.49. The van der Waals surface area contributed by atoms with Crippen LogP contribution < -0.4 is 9.80 Å². The van der Waals surface area contributed by atoms with Gasteiger partial charge in [-0.05, 0) is 150 Å². The molecule has 2 heteroatoms. The molecule has 0 N–H and O–H groups in total. The first-order valence-electron chi connectivity index (χ1n) is 19.1. The summed E-state index contributed by atoms with van der Waals surface area (Å²) in [5.41, 5.74) is 16.9. The summed E-state index contributed by atoms with van der Waals surface area (Å²) in [5.74, 6) is 0.454. The topological polar surface area (TPSA) is 6.48 Å². The lowest BCUT2D eigenvalue weighted by atomic mass is 9.70. The number of hydrogen-bond acceptors (Lipinski definition) is 2. The van der Waals surface area contributed by atoms with Crippen LogP contribution in [0.25, 0.3) is 11.1 Å². The predicted molar refractivity (Wildman–Crippen MR) is 213 cm³/mol. The summed E-state index contributed by atoms with van der Waals surface area (Å²) in [5, 5.41) is 0. The predicted octanol–water partition coefficient (Wildman–Crippen LogP) is 12.6. The van der Waals surface area contributed by atoms with Crippen molar-refractivity contribution in [1.29, 1.82) is 0 Å². The fourth-order valence-electron chi connectivity index (χ4n) is 9.89. The van der Waals surface area contributed by atoms with E-state index in [0.717, 1.165) is 44.9 Å². The molecule has 9 rings (SSSR count). The third kappa shape index (κ3) is 4.97. The van der Waals surface area contributed by atoms with E-state index in [-0.39, 0.29) is 10.8 Å². The molecule has 2 atom stereocenters. The Morgan fingerprint density at radius 3 is 2.08 bits per heavy atom. The summed E-state index contributed by atoms with van der Waals surface area (Å²) in [6, 6.07) is 26.1. The molecule has 0 spiro atoms. The third-order valence-electron chi connectivity index (χ3n) is 12.6. The SMILES string of the molecule is CC1(C)C2=C(CC3C(=C2)c2ccc(N(C4=CCCC=C4)c4ccccc4)cc2C3(C)C)c2ccc(N(C3=CCCC=C3)C3CC=CCC3)cc21. The molecule has 6 aliphatic rings. The van der Waals surface area contributed by atoms with Gasteiger partial charge in [-0.3, -0.25) is 0 Å². The molecule has 0 amide bonds. The Bertz CT molecular complexity index is 2070. The van der Waals surface area contributed by atoms with E-state index < -0.39 is 0 Å². The molecule has 3 aromatic rings. The zero-order valence-electron chi connectivity index (χ0n) is 30.3. The molecule has 0 saturated carbocycles. The maximum absolute atomic E-state index is 2.66. The van der Waals surface area contributed by atoms with Gasteiger partial charge in [-0.2, -0.15) is 0 Å². The van der Waals surface area contributed by atoms with Gasteiger partial charge < -0.3 is 9.80 Å². The number of benzene rings is 3. The lowest BCUT2D eigenvalue weighted by Gasteiger charge is -2.37. The van der Waals surface area contributed by atoms with E-state index in [0.29, 0.717) is 12.0 Å². The molecular formula is C48H50N2. The molecule has 6 aliphatic carbocycles. The van der Waals surface area contributed by atoms with Crippen LogP contribution in [0.3, 0.4) is 0 Å². The molecule has 252 valence electrons. The highest BCUT2D eigenvalue weighted by Crippen LogP contribution is 2.61. The maximum atomic E-state index is 2.66. The number of anilines is 3. The van der Waals surface area contributed by atoms with Crippen molar-refractivity contribution < 1.29 is 0 Å². The highest BCUT2D eigenvalue weighted by molar-refractivity contribution is 5.93. The Kier molecular flexibility index (Phi) is 7.57. The second-order valence-electron chi connectivity index (χ2n) is 16.3. The number of hydrogen-bond donors (Lipinski definition) is 0. The Labute approximate surface area is 299 Å². The number of allylic oxidation sites excluding steroid dienone is 11. The Morgan fingerprint density at radius 1 is 0.640 bits per heavy atom. The summed E-state index contributed by atoms with van der Waals surface area (Å²) in [7, 11) is 0. The summed E-state index contributed by atoms with van der Waals surface area (Å²) < 4.78 is 0. The van der Waals surface area contributed by atoms with Crippen LogP contribution in [0.2, 0.25) is 0 Å². The first-order chi connectivity index (χ1) is 24.3. The van der Waals surface area contributed by atoms with Crippen LogP contribution in [0, 0.1) is 5.92 Å². The third-order valence-corrected chi connectivity index (χ3v) is 12.6. The van der Waals surface area contributed by atoms with Gasteiger partial charge in [0, 0.05) is 39.9 Å². The maximum Gasteiger partial charge on any atom is 0.0464 e. The van der Waals surface area contributed by atoms with Gasteiger partial charge in [0.05, 0.1) is 0 Å². The highest BCUT2D eigenvalue weighted by atomic mass is 15.2. The normalized spacial score (nSPS) is 23.7. The standard InChI is InChI=1S/C48H50N2/c1-47(2)43-29-37(49(33-17-9-5-10-18-33)34-19-11-6-12-20-34)25-27-39(43)41-32-46-42(31-45(41)47)40-28-26-38(30-44(40)48(46,3)4)50(35-21-13-7-14-22-35)36-23-15-8-16-24-36/h5,7,9-11,13,15,17-20,23-30,32,35,45H,6,8,12,14,16,21-22,31H2,1-4H3. The minimum atomic E-state index is -0.0513. The van der Waals surface area contributed by atoms with Crippen LogP contribution >= 0.6 is 0 Å². The van der Waals surface area contributed by atoms with E-state index in [9.17, 15) is 0 Å². The lowest BCUT2D eigenvalue weighted by Crippen LogP contribution is -2.35. The molecule has 50 heavy (non-hydrogen) atoms. The van der Waals surface area contributed by atoms with Gasteiger partial charge in [-0.15, -0.1) is 0 Å². The summed E-state index contributed by atoms with van der Waals surface area (Å²) in [6.07, 6.45) is 30.6. The minimum Gasteiger partial charge on any atom is -0.338 e. The molecule has 0 saturated heterocycles. The average Bonchev–Trinajstić information content (AvgIpc) is 3.51. The van der Waals surface area contributed by atoms with Crippen molar-refractivity contribution in [2.24, 2.45) is 5.92 Å². The van der Waals surface area contributed by atoms with Crippen molar-refractivity contribution in [3.05, 3.63) is 161 Å². The fourth-order valence-corrected chi connectivity index (χ4v) is 9.89. The smallest absolute Gasteiger partial charge is 0.0464 e. The van der Waals surface area contributed by atoms with E-state index in [1.807, 2.05) is 0 Å². The van der Waals surface area contributed by atoms with Crippen LogP contribution in [-0.4, -0.2) is 6.04 Å². The van der Waals surface area contributed by atoms with Crippen LogP contribution in [0.15, 0.2) is 138 Å². The summed E-state index contributed by atoms with van der Waals surface area (Å²) >= 11 is 0. The molecule has 0 fully saturated rings. The summed E-state index contributed by atoms with van der Waals surface area (Å²) in [4.78, 5) is 5.11. The van der Waals surface area contributed by atoms with Gasteiger partial charge in [0.2, 0.25) is 0 Å². The first-order valence-corrected chi connectivity index (χ1v) is 19.1. The van der Waals surface area contributed by atoms with E-state index in [1.54, 1.807) is 5.57 Å². The molecule has 2 unspecified atom stereocenters. The van der Waals surface area contributed by atoms with Crippen LogP contribution in [0.4, 0.5) is 17.1 Å². The zero-order valence-corrected chi connectivity index (χ0v) is 30.3. The van der Waals surface area contributed by atoms with Gasteiger partial charge in [0.25, 0.3) is 0 Å². The van der Waals surface area contributed by atoms with Gasteiger partial charge in [-0.1, -0.05) is 101 Å². The quantitative estimate of drug-likeness (QED) is 0.244. The Morgan fingerprint density at radius 2 is 1.36 bits per heavy atom. The fraction of sp³-hybridized carbons (Fsp3) is 0.333. The van der Waals surface area contributed by atoms with Crippen LogP contribution in [0.5, 0.6) is 0 Å². The van der Waals surface area contributed by atoms with Gasteiger partial charge in [0.1, 0.15) is 0 Å². The summed E-state index contributed by atoms with van der Waals surface area (Å²) in [6.45, 7) is 9.92. The Balaban J connectivity index is 1.09. The van der Waals surface area contributed by atoms with Gasteiger partial charge >= 0.3 is 0 Å². The monoisotopic (exact) mass is 654 g/mol. The van der Waals surface area contributed by atoms with E-state index in [1.165, 1.54) is 68.3 Å². The first kappa shape index (κ1) is 31.4. The molecule has 0 radical (unpaired) electrons. The molecule has 0 bridgehead atoms. The van der Waals surface area contributed by atoms with E-state index in [4.69, 9.17) is 0 Å². The molecule has 0 aliphatic heterocycles. The number of fused-ring (bicyclic) bond motifs is 5.